The van der Waals surface area contributed by atoms with Gasteiger partial charge in [0.05, 0.1) is 11.7 Å². The summed E-state index contributed by atoms with van der Waals surface area (Å²) >= 11 is 0. The van der Waals surface area contributed by atoms with Crippen LogP contribution in [0.4, 0.5) is 5.82 Å². The molecule has 0 aliphatic carbocycles. The van der Waals surface area contributed by atoms with Gasteiger partial charge in [0, 0.05) is 26.4 Å². The summed E-state index contributed by atoms with van der Waals surface area (Å²) in [5, 5.41) is 0. The van der Waals surface area contributed by atoms with E-state index in [2.05, 4.69) is 4.98 Å². The second-order valence-electron chi connectivity index (χ2n) is 4.61. The molecule has 18 heavy (non-hydrogen) atoms. The molecule has 5 heteroatoms. The molecule has 0 spiro atoms. The largest absolute Gasteiger partial charge is 0.383 e. The van der Waals surface area contributed by atoms with Crippen LogP contribution in [0.15, 0.2) is 18.3 Å². The van der Waals surface area contributed by atoms with Gasteiger partial charge in [0.25, 0.3) is 5.91 Å². The Morgan fingerprint density at radius 1 is 1.61 bits per heavy atom. The number of likely N-dealkylation sites (N-methyl/N-ethyl adjacent to an activating group) is 1. The molecule has 98 valence electrons. The van der Waals surface area contributed by atoms with E-state index in [0.717, 1.165) is 19.4 Å². The molecule has 1 unspecified atom stereocenters. The third-order valence-electron chi connectivity index (χ3n) is 3.17. The number of ether oxygens (including phenoxy) is 1. The fourth-order valence-electron chi connectivity index (χ4n) is 2.14. The van der Waals surface area contributed by atoms with Gasteiger partial charge < -0.3 is 15.4 Å². The predicted octanol–water partition coefficient (Wildman–Crippen LogP) is 1.30. The molecule has 1 aliphatic heterocycles. The van der Waals surface area contributed by atoms with Crippen molar-refractivity contribution in [2.24, 2.45) is 0 Å². The fraction of sp³-hybridized carbons (Fsp3) is 0.538. The molecule has 0 radical (unpaired) electrons. The average Bonchev–Trinajstić information content (AvgIpc) is 2.39. The number of aromatic nitrogens is 1. The van der Waals surface area contributed by atoms with Gasteiger partial charge in [-0.1, -0.05) is 0 Å². The molecule has 5 nitrogen and oxygen atoms in total. The first kappa shape index (κ1) is 12.8. The van der Waals surface area contributed by atoms with E-state index in [0.29, 0.717) is 12.1 Å². The van der Waals surface area contributed by atoms with Gasteiger partial charge in [-0.15, -0.1) is 0 Å². The van der Waals surface area contributed by atoms with Crippen molar-refractivity contribution in [1.82, 2.24) is 9.88 Å². The number of carbonyl (C=O) groups excluding carboxylic acids is 1. The van der Waals surface area contributed by atoms with E-state index in [9.17, 15) is 4.79 Å². The Bertz CT molecular complexity index is 416. The highest BCUT2D eigenvalue weighted by Gasteiger charge is 2.20. The molecule has 1 aromatic heterocycles. The lowest BCUT2D eigenvalue weighted by atomic mass is 10.1. The lowest BCUT2D eigenvalue weighted by Crippen LogP contribution is -2.37. The van der Waals surface area contributed by atoms with Gasteiger partial charge in [-0.2, -0.15) is 0 Å². The van der Waals surface area contributed by atoms with Crippen LogP contribution in [0.5, 0.6) is 0 Å². The van der Waals surface area contributed by atoms with Crippen molar-refractivity contribution >= 4 is 11.7 Å². The topological polar surface area (TPSA) is 68.5 Å². The molecule has 0 saturated carbocycles. The second kappa shape index (κ2) is 5.82. The van der Waals surface area contributed by atoms with Crippen LogP contribution in [0, 0.1) is 0 Å². The van der Waals surface area contributed by atoms with Gasteiger partial charge in [0.2, 0.25) is 0 Å². The zero-order valence-electron chi connectivity index (χ0n) is 10.6. The maximum atomic E-state index is 12.2. The number of nitrogens with two attached hydrogens (primary N) is 1. The van der Waals surface area contributed by atoms with Crippen molar-refractivity contribution in [2.75, 3.05) is 25.9 Å². The van der Waals surface area contributed by atoms with Crippen LogP contribution in [0.3, 0.4) is 0 Å². The van der Waals surface area contributed by atoms with Crippen LogP contribution in [-0.2, 0) is 4.74 Å². The normalized spacial score (nSPS) is 19.5. The van der Waals surface area contributed by atoms with E-state index in [1.807, 2.05) is 0 Å². The summed E-state index contributed by atoms with van der Waals surface area (Å²) in [6.45, 7) is 1.40. The number of rotatable bonds is 3. The molecular formula is C13H19N3O2. The van der Waals surface area contributed by atoms with Crippen molar-refractivity contribution in [3.05, 3.63) is 23.9 Å². The quantitative estimate of drug-likeness (QED) is 0.876. The van der Waals surface area contributed by atoms with Crippen molar-refractivity contribution in [3.63, 3.8) is 0 Å². The summed E-state index contributed by atoms with van der Waals surface area (Å²) in [5.74, 6) is 0.175. The Labute approximate surface area is 107 Å². The monoisotopic (exact) mass is 249 g/mol. The van der Waals surface area contributed by atoms with Crippen LogP contribution in [0.1, 0.15) is 29.6 Å². The lowest BCUT2D eigenvalue weighted by Gasteiger charge is -2.27. The zero-order chi connectivity index (χ0) is 13.0. The number of nitrogens with zero attached hydrogens (tertiary/aromatic N) is 2. The van der Waals surface area contributed by atoms with Gasteiger partial charge in [-0.25, -0.2) is 4.98 Å². The molecule has 0 bridgehead atoms. The Balaban J connectivity index is 1.98. The molecule has 1 saturated heterocycles. The third-order valence-corrected chi connectivity index (χ3v) is 3.17. The Hall–Kier alpha value is -1.62. The third kappa shape index (κ3) is 2.98. The smallest absolute Gasteiger partial charge is 0.257 e. The highest BCUT2D eigenvalue weighted by atomic mass is 16.5. The molecule has 2 rings (SSSR count). The lowest BCUT2D eigenvalue weighted by molar-refractivity contribution is -0.000176. The first-order valence-electron chi connectivity index (χ1n) is 6.26. The molecule has 2 heterocycles. The van der Waals surface area contributed by atoms with Crippen LogP contribution in [0.2, 0.25) is 0 Å². The van der Waals surface area contributed by atoms with Crippen LogP contribution in [0.25, 0.3) is 0 Å². The Morgan fingerprint density at radius 3 is 3.11 bits per heavy atom. The molecular weight excluding hydrogens is 230 g/mol. The number of nitrogen functional groups attached to an aromatic ring is 1. The fourth-order valence-corrected chi connectivity index (χ4v) is 2.14. The van der Waals surface area contributed by atoms with E-state index in [1.165, 1.54) is 6.42 Å². The van der Waals surface area contributed by atoms with Crippen LogP contribution >= 0.6 is 0 Å². The minimum atomic E-state index is -0.102. The average molecular weight is 249 g/mol. The minimum absolute atomic E-state index is 0.102. The van der Waals surface area contributed by atoms with E-state index >= 15 is 0 Å². The Morgan fingerprint density at radius 2 is 2.44 bits per heavy atom. The first-order chi connectivity index (χ1) is 8.68. The maximum absolute atomic E-state index is 12.2. The van der Waals surface area contributed by atoms with Gasteiger partial charge in [-0.3, -0.25) is 4.79 Å². The van der Waals surface area contributed by atoms with Gasteiger partial charge in [0.15, 0.2) is 0 Å². The number of carbonyl (C=O) groups is 1. The SMILES string of the molecule is CN(CC1CCCCO1)C(=O)c1cccnc1N. The predicted molar refractivity (Wildman–Crippen MR) is 69.2 cm³/mol. The highest BCUT2D eigenvalue weighted by molar-refractivity contribution is 5.98. The Kier molecular flexibility index (Phi) is 4.15. The number of hydrogen-bond donors (Lipinski definition) is 1. The second-order valence-corrected chi connectivity index (χ2v) is 4.61. The number of hydrogen-bond acceptors (Lipinski definition) is 4. The molecule has 1 aromatic rings. The molecule has 1 atom stereocenters. The summed E-state index contributed by atoms with van der Waals surface area (Å²) in [4.78, 5) is 17.8. The molecule has 0 aromatic carbocycles. The number of anilines is 1. The van der Waals surface area contributed by atoms with Crippen molar-refractivity contribution in [3.8, 4) is 0 Å². The van der Waals surface area contributed by atoms with Gasteiger partial charge >= 0.3 is 0 Å². The minimum Gasteiger partial charge on any atom is -0.383 e. The van der Waals surface area contributed by atoms with Crippen molar-refractivity contribution in [2.45, 2.75) is 25.4 Å². The van der Waals surface area contributed by atoms with E-state index in [-0.39, 0.29) is 17.8 Å². The highest BCUT2D eigenvalue weighted by Crippen LogP contribution is 2.15. The van der Waals surface area contributed by atoms with E-state index in [1.54, 1.807) is 30.3 Å². The maximum Gasteiger partial charge on any atom is 0.257 e. The van der Waals surface area contributed by atoms with Gasteiger partial charge in [0.1, 0.15) is 5.82 Å². The molecule has 1 aliphatic rings. The van der Waals surface area contributed by atoms with Crippen LogP contribution in [-0.4, -0.2) is 42.1 Å². The first-order valence-corrected chi connectivity index (χ1v) is 6.26. The van der Waals surface area contributed by atoms with Crippen molar-refractivity contribution < 1.29 is 9.53 Å². The van der Waals surface area contributed by atoms with Crippen LogP contribution < -0.4 is 5.73 Å². The number of pyridine rings is 1. The molecule has 2 N–H and O–H groups in total. The van der Waals surface area contributed by atoms with Crippen molar-refractivity contribution in [1.29, 1.82) is 0 Å². The standard InChI is InChI=1S/C13H19N3O2/c1-16(9-10-5-2-3-8-18-10)13(17)11-6-4-7-15-12(11)14/h4,6-7,10H,2-3,5,8-9H2,1H3,(H2,14,15). The summed E-state index contributed by atoms with van der Waals surface area (Å²) in [6, 6.07) is 3.41. The summed E-state index contributed by atoms with van der Waals surface area (Å²) in [6.07, 6.45) is 5.02. The summed E-state index contributed by atoms with van der Waals surface area (Å²) in [7, 11) is 1.77. The molecule has 1 fully saturated rings. The van der Waals surface area contributed by atoms with E-state index in [4.69, 9.17) is 10.5 Å². The van der Waals surface area contributed by atoms with Gasteiger partial charge in [-0.05, 0) is 31.4 Å². The zero-order valence-corrected chi connectivity index (χ0v) is 10.6. The summed E-state index contributed by atoms with van der Waals surface area (Å²) < 4.78 is 5.62. The van der Waals surface area contributed by atoms with E-state index < -0.39 is 0 Å². The molecule has 1 amide bonds. The number of amides is 1. The summed E-state index contributed by atoms with van der Waals surface area (Å²) in [5.41, 5.74) is 6.16.